The lowest BCUT2D eigenvalue weighted by Gasteiger charge is -2.50. The van der Waals surface area contributed by atoms with E-state index in [1.165, 1.54) is 4.90 Å². The molecule has 0 radical (unpaired) electrons. The molecule has 0 aromatic heterocycles. The number of nitrogens with zero attached hydrogens (tertiary/aromatic N) is 2. The molecule has 3 fully saturated rings. The lowest BCUT2D eigenvalue weighted by molar-refractivity contribution is -0.141. The van der Waals surface area contributed by atoms with Gasteiger partial charge < -0.3 is 9.84 Å². The monoisotopic (exact) mass is 612 g/mol. The van der Waals surface area contributed by atoms with Gasteiger partial charge in [0.15, 0.2) is 21.2 Å². The lowest BCUT2D eigenvalue weighted by atomic mass is 9.56. The predicted molar refractivity (Wildman–Crippen MR) is 140 cm³/mol. The SMILES string of the molecule is CCCN1C(=O)C2CC=C3C(CC4(Cl)C(=O)N(CBr)C(=O)C4(Cl)C3c3cccc(OCC)c3O)C2C1=O. The molecule has 6 atom stereocenters. The Hall–Kier alpha value is -2.10. The summed E-state index contributed by atoms with van der Waals surface area (Å²) in [6, 6.07) is 4.89. The number of allylic oxidation sites excluding steroid dienone is 2. The molecule has 1 N–H and O–H groups in total. The van der Waals surface area contributed by atoms with E-state index in [9.17, 15) is 24.3 Å². The highest BCUT2D eigenvalue weighted by molar-refractivity contribution is 9.09. The van der Waals surface area contributed by atoms with Crippen LogP contribution in [0.2, 0.25) is 0 Å². The number of para-hydroxylation sites is 1. The molecular formula is C26H27BrCl2N2O6. The molecule has 1 saturated carbocycles. The third kappa shape index (κ3) is 3.39. The van der Waals surface area contributed by atoms with Crippen LogP contribution in [-0.2, 0) is 19.2 Å². The molecule has 2 aliphatic heterocycles. The third-order valence-electron chi connectivity index (χ3n) is 8.19. The zero-order valence-corrected chi connectivity index (χ0v) is 23.5. The summed E-state index contributed by atoms with van der Waals surface area (Å²) in [6.07, 6.45) is 2.68. The number of rotatable bonds is 6. The Morgan fingerprint density at radius 1 is 1.08 bits per heavy atom. The van der Waals surface area contributed by atoms with Gasteiger partial charge in [0.1, 0.15) is 0 Å². The summed E-state index contributed by atoms with van der Waals surface area (Å²) in [4.78, 5) is 52.5. The molecule has 1 aromatic rings. The van der Waals surface area contributed by atoms with E-state index in [1.54, 1.807) is 25.1 Å². The average molecular weight is 614 g/mol. The number of fused-ring (bicyclic) bond motifs is 4. The van der Waals surface area contributed by atoms with E-state index >= 15 is 0 Å². The molecule has 37 heavy (non-hydrogen) atoms. The number of amides is 4. The number of carbonyl (C=O) groups is 4. The second-order valence-electron chi connectivity index (χ2n) is 9.94. The fraction of sp³-hybridized carbons (Fsp3) is 0.538. The first-order valence-electron chi connectivity index (χ1n) is 12.4. The maximum atomic E-state index is 13.8. The largest absolute Gasteiger partial charge is 0.504 e. The molecule has 4 aliphatic rings. The minimum atomic E-state index is -1.97. The van der Waals surface area contributed by atoms with E-state index in [-0.39, 0.29) is 47.2 Å². The Balaban J connectivity index is 1.73. The minimum Gasteiger partial charge on any atom is -0.504 e. The summed E-state index contributed by atoms with van der Waals surface area (Å²) in [5.74, 6) is -4.83. The Morgan fingerprint density at radius 3 is 2.46 bits per heavy atom. The standard InChI is InChI=1S/C26H27BrCl2N2O6/c1-3-10-30-21(33)14-9-8-13-16(18(14)22(30)34)11-25(28)23(35)31(12-27)24(36)26(25,29)19(13)15-6-5-7-17(20(15)32)37-4-2/h5-8,14,16,18-19,32H,3-4,9-12H2,1-2H3. The first kappa shape index (κ1) is 26.5. The second-order valence-corrected chi connectivity index (χ2v) is 11.7. The summed E-state index contributed by atoms with van der Waals surface area (Å²) in [6.45, 7) is 4.27. The highest BCUT2D eigenvalue weighted by Crippen LogP contribution is 2.66. The quantitative estimate of drug-likeness (QED) is 0.226. The van der Waals surface area contributed by atoms with Crippen LogP contribution in [0.15, 0.2) is 29.8 Å². The number of benzene rings is 1. The van der Waals surface area contributed by atoms with Crippen LogP contribution in [0.4, 0.5) is 0 Å². The van der Waals surface area contributed by atoms with Crippen molar-refractivity contribution in [2.45, 2.75) is 48.8 Å². The van der Waals surface area contributed by atoms with Crippen molar-refractivity contribution in [2.24, 2.45) is 17.8 Å². The predicted octanol–water partition coefficient (Wildman–Crippen LogP) is 3.91. The Bertz CT molecular complexity index is 1240. The van der Waals surface area contributed by atoms with Crippen molar-refractivity contribution >= 4 is 62.8 Å². The van der Waals surface area contributed by atoms with Gasteiger partial charge in [0.05, 0.1) is 23.9 Å². The average Bonchev–Trinajstić information content (AvgIpc) is 3.19. The van der Waals surface area contributed by atoms with Crippen molar-refractivity contribution in [1.82, 2.24) is 9.80 Å². The van der Waals surface area contributed by atoms with Gasteiger partial charge in [-0.1, -0.05) is 46.6 Å². The zero-order chi connectivity index (χ0) is 26.9. The van der Waals surface area contributed by atoms with Gasteiger partial charge in [0.25, 0.3) is 11.8 Å². The number of carbonyl (C=O) groups excluding carboxylic acids is 4. The maximum absolute atomic E-state index is 13.8. The lowest BCUT2D eigenvalue weighted by Crippen LogP contribution is -2.60. The van der Waals surface area contributed by atoms with Crippen LogP contribution < -0.4 is 4.74 Å². The van der Waals surface area contributed by atoms with Crippen molar-refractivity contribution in [2.75, 3.05) is 18.6 Å². The van der Waals surface area contributed by atoms with E-state index in [0.717, 1.165) is 4.90 Å². The van der Waals surface area contributed by atoms with Gasteiger partial charge in [-0.15, -0.1) is 23.2 Å². The summed E-state index contributed by atoms with van der Waals surface area (Å²) in [5.41, 5.74) is 0.802. The summed E-state index contributed by atoms with van der Waals surface area (Å²) < 4.78 is 5.58. The van der Waals surface area contributed by atoms with E-state index in [4.69, 9.17) is 27.9 Å². The number of halogens is 3. The molecule has 1 aromatic carbocycles. The van der Waals surface area contributed by atoms with Crippen molar-refractivity contribution in [3.8, 4) is 11.5 Å². The number of imide groups is 2. The number of likely N-dealkylation sites (tertiary alicyclic amines) is 2. The van der Waals surface area contributed by atoms with Crippen LogP contribution in [0.5, 0.6) is 11.5 Å². The number of hydrogen-bond donors (Lipinski definition) is 1. The summed E-state index contributed by atoms with van der Waals surface area (Å²) in [5, 5.41) is 11.2. The van der Waals surface area contributed by atoms with E-state index in [1.807, 2.05) is 13.0 Å². The van der Waals surface area contributed by atoms with Gasteiger partial charge in [-0.05, 0) is 38.2 Å². The molecule has 5 rings (SSSR count). The number of phenolic OH excluding ortho intramolecular Hbond substituents is 1. The normalized spacial score (nSPS) is 34.9. The summed E-state index contributed by atoms with van der Waals surface area (Å²) >= 11 is 17.5. The zero-order valence-electron chi connectivity index (χ0n) is 20.4. The molecule has 8 nitrogen and oxygen atoms in total. The molecule has 6 unspecified atom stereocenters. The first-order chi connectivity index (χ1) is 17.6. The van der Waals surface area contributed by atoms with Crippen LogP contribution in [0.1, 0.15) is 44.6 Å². The van der Waals surface area contributed by atoms with Gasteiger partial charge in [-0.25, -0.2) is 0 Å². The van der Waals surface area contributed by atoms with Crippen molar-refractivity contribution in [3.05, 3.63) is 35.4 Å². The van der Waals surface area contributed by atoms with Crippen molar-refractivity contribution in [1.29, 1.82) is 0 Å². The second kappa shape index (κ2) is 9.27. The van der Waals surface area contributed by atoms with E-state index < -0.39 is 45.2 Å². The van der Waals surface area contributed by atoms with Crippen LogP contribution in [-0.4, -0.2) is 66.9 Å². The molecule has 198 valence electrons. The van der Waals surface area contributed by atoms with Gasteiger partial charge in [0, 0.05) is 18.0 Å². The highest BCUT2D eigenvalue weighted by Gasteiger charge is 2.76. The molecule has 2 aliphatic carbocycles. The maximum Gasteiger partial charge on any atom is 0.254 e. The fourth-order valence-electron chi connectivity index (χ4n) is 6.65. The van der Waals surface area contributed by atoms with E-state index in [2.05, 4.69) is 15.9 Å². The molecule has 11 heteroatoms. The topological polar surface area (TPSA) is 104 Å². The van der Waals surface area contributed by atoms with Crippen LogP contribution in [0.3, 0.4) is 0 Å². The number of hydrogen-bond acceptors (Lipinski definition) is 6. The Morgan fingerprint density at radius 2 is 1.81 bits per heavy atom. The number of ether oxygens (including phenoxy) is 1. The number of phenols is 1. The molecular weight excluding hydrogens is 587 g/mol. The van der Waals surface area contributed by atoms with Crippen LogP contribution in [0, 0.1) is 17.8 Å². The van der Waals surface area contributed by atoms with Gasteiger partial charge in [-0.3, -0.25) is 29.0 Å². The molecule has 2 heterocycles. The van der Waals surface area contributed by atoms with Gasteiger partial charge in [0.2, 0.25) is 11.8 Å². The third-order valence-corrected chi connectivity index (χ3v) is 10.1. The molecule has 0 bridgehead atoms. The van der Waals surface area contributed by atoms with Crippen molar-refractivity contribution in [3.63, 3.8) is 0 Å². The molecule has 4 amide bonds. The Kier molecular flexibility index (Phi) is 6.64. The molecule has 0 spiro atoms. The van der Waals surface area contributed by atoms with Gasteiger partial charge in [-0.2, -0.15) is 0 Å². The summed E-state index contributed by atoms with van der Waals surface area (Å²) in [7, 11) is 0. The van der Waals surface area contributed by atoms with Crippen LogP contribution >= 0.6 is 39.1 Å². The van der Waals surface area contributed by atoms with Crippen LogP contribution in [0.25, 0.3) is 0 Å². The first-order valence-corrected chi connectivity index (χ1v) is 14.3. The fourth-order valence-corrected chi connectivity index (χ4v) is 8.07. The Labute approximate surface area is 233 Å². The minimum absolute atomic E-state index is 0.0828. The van der Waals surface area contributed by atoms with Gasteiger partial charge >= 0.3 is 0 Å². The smallest absolute Gasteiger partial charge is 0.254 e. The highest BCUT2D eigenvalue weighted by atomic mass is 79.9. The molecule has 2 saturated heterocycles. The number of alkyl halides is 3. The van der Waals surface area contributed by atoms with E-state index in [0.29, 0.717) is 25.1 Å². The number of aromatic hydroxyl groups is 1. The van der Waals surface area contributed by atoms with Crippen molar-refractivity contribution < 1.29 is 29.0 Å².